The topological polar surface area (TPSA) is 36.4 Å². The maximum atomic E-state index is 13.3. The van der Waals surface area contributed by atoms with Crippen LogP contribution >= 0.6 is 22.3 Å². The zero-order valence-electron chi connectivity index (χ0n) is 12.6. The number of nitrogens with zero attached hydrogens (tertiary/aromatic N) is 1. The Hall–Kier alpha value is -0.380. The predicted molar refractivity (Wildman–Crippen MR) is 65.8 cm³/mol. The van der Waals surface area contributed by atoms with Crippen molar-refractivity contribution in [1.29, 1.82) is 0 Å². The molecular formula is C6H2F18N3P3. The Morgan fingerprint density at radius 1 is 0.467 bits per heavy atom. The predicted octanol–water partition coefficient (Wildman–Crippen LogP) is 8.11. The average Bonchev–Trinajstić information content (AvgIpc) is 2.39. The summed E-state index contributed by atoms with van der Waals surface area (Å²) in [5.74, 6) is -49.4. The number of hydrogen-bond acceptors (Lipinski definition) is 3. The van der Waals surface area contributed by atoms with Crippen LogP contribution < -0.4 is 9.72 Å². The molecule has 0 fully saturated rings. The molecule has 0 aromatic heterocycles. The van der Waals surface area contributed by atoms with E-state index in [1.165, 1.54) is 0 Å². The summed E-state index contributed by atoms with van der Waals surface area (Å²) in [6, 6.07) is 0. The van der Waals surface area contributed by atoms with E-state index >= 15 is 0 Å². The molecule has 1 rings (SSSR count). The van der Waals surface area contributed by atoms with Gasteiger partial charge in [-0.05, 0) is 0 Å². The van der Waals surface area contributed by atoms with Crippen molar-refractivity contribution in [3.63, 3.8) is 0 Å². The van der Waals surface area contributed by atoms with E-state index in [9.17, 15) is 79.0 Å². The van der Waals surface area contributed by atoms with E-state index in [1.807, 2.05) is 0 Å². The first-order valence-corrected chi connectivity index (χ1v) is 11.3. The molecule has 0 radical (unpaired) electrons. The number of hydrogen-bond donors (Lipinski definition) is 2. The van der Waals surface area contributed by atoms with Gasteiger partial charge in [0.2, 0.25) is 0 Å². The summed E-state index contributed by atoms with van der Waals surface area (Å²) in [5.41, 5.74) is 0. The van der Waals surface area contributed by atoms with Crippen LogP contribution in [0.1, 0.15) is 0 Å². The van der Waals surface area contributed by atoms with Crippen molar-refractivity contribution in [2.75, 3.05) is 0 Å². The number of rotatable bonds is 0. The van der Waals surface area contributed by atoms with Crippen molar-refractivity contribution in [2.45, 2.75) is 35.5 Å². The second-order valence-corrected chi connectivity index (χ2v) is 15.3. The van der Waals surface area contributed by atoms with E-state index in [4.69, 9.17) is 0 Å². The fraction of sp³-hybridized carbons (Fsp3) is 1.00. The monoisotopic (exact) mass is 551 g/mol. The SMILES string of the molecule is FC(F)(F)P1(C(F)(F)F)(C(F)(F)F)N=PNP(C(F)(F)F)(C(F)(F)F)(C(F)(F)F)N1. The van der Waals surface area contributed by atoms with Crippen LogP contribution in [0.15, 0.2) is 4.52 Å². The van der Waals surface area contributed by atoms with Gasteiger partial charge < -0.3 is 0 Å². The molecule has 0 bridgehead atoms. The van der Waals surface area contributed by atoms with Gasteiger partial charge in [0.1, 0.15) is 0 Å². The molecule has 1 aliphatic heterocycles. The van der Waals surface area contributed by atoms with Gasteiger partial charge in [0, 0.05) is 0 Å². The van der Waals surface area contributed by atoms with E-state index in [-0.39, 0.29) is 0 Å². The van der Waals surface area contributed by atoms with Crippen molar-refractivity contribution in [3.05, 3.63) is 0 Å². The van der Waals surface area contributed by atoms with Crippen LogP contribution in [0.4, 0.5) is 79.0 Å². The second kappa shape index (κ2) is 6.14. The molecule has 2 N–H and O–H groups in total. The van der Waals surface area contributed by atoms with E-state index in [0.29, 0.717) is 0 Å². The Morgan fingerprint density at radius 3 is 0.933 bits per heavy atom. The van der Waals surface area contributed by atoms with E-state index in [2.05, 4.69) is 0 Å². The third-order valence-corrected chi connectivity index (χ3v) is 16.8. The Morgan fingerprint density at radius 2 is 0.733 bits per heavy atom. The summed E-state index contributed by atoms with van der Waals surface area (Å²) in [6.07, 6.45) is 0. The summed E-state index contributed by atoms with van der Waals surface area (Å²) < 4.78 is 240. The molecule has 0 aromatic rings. The fourth-order valence-corrected chi connectivity index (χ4v) is 15.3. The summed E-state index contributed by atoms with van der Waals surface area (Å²) in [5, 5.41) is 0. The van der Waals surface area contributed by atoms with Crippen LogP contribution in [0.2, 0.25) is 0 Å². The Bertz CT molecular complexity index is 654. The third kappa shape index (κ3) is 2.44. The van der Waals surface area contributed by atoms with Crippen LogP contribution in [0.5, 0.6) is 0 Å². The van der Waals surface area contributed by atoms with E-state index < -0.39 is 67.6 Å². The molecule has 0 aliphatic carbocycles. The molecule has 24 heteroatoms. The van der Waals surface area contributed by atoms with Gasteiger partial charge in [-0.25, -0.2) is 0 Å². The van der Waals surface area contributed by atoms with Crippen LogP contribution in [-0.2, 0) is 0 Å². The molecule has 0 saturated heterocycles. The van der Waals surface area contributed by atoms with Crippen molar-refractivity contribution < 1.29 is 79.0 Å². The van der Waals surface area contributed by atoms with Crippen molar-refractivity contribution in [3.8, 4) is 0 Å². The molecular weight excluding hydrogens is 549 g/mol. The molecule has 3 nitrogen and oxygen atoms in total. The molecule has 0 saturated carbocycles. The first-order chi connectivity index (χ1) is 12.6. The van der Waals surface area contributed by atoms with Gasteiger partial charge in [-0.2, -0.15) is 0 Å². The molecule has 1 aliphatic rings. The van der Waals surface area contributed by atoms with Gasteiger partial charge in [-0.3, -0.25) is 0 Å². The van der Waals surface area contributed by atoms with E-state index in [0.717, 1.165) is 4.52 Å². The minimum absolute atomic E-state index is 0.656. The van der Waals surface area contributed by atoms with Gasteiger partial charge >= 0.3 is 151 Å². The molecule has 182 valence electrons. The van der Waals surface area contributed by atoms with Gasteiger partial charge in [0.15, 0.2) is 0 Å². The number of nitrogens with one attached hydrogen (secondary N) is 2. The molecule has 0 spiro atoms. The minimum atomic E-state index is -11.2. The zero-order valence-corrected chi connectivity index (χ0v) is 15.3. The number of halogens is 18. The summed E-state index contributed by atoms with van der Waals surface area (Å²) >= 11 is 0. The third-order valence-electron chi connectivity index (χ3n) is 3.87. The standard InChI is InChI=1S/C6H2F18N3P3/c7-1(8,9)29(2(10,11)12,3(13,14)15)25-28-26-30(27-29,4(16,17)18,5(19,20)21)6(22,23)24/h27H,(H,25,26). The van der Waals surface area contributed by atoms with Crippen LogP contribution in [0.25, 0.3) is 0 Å². The quantitative estimate of drug-likeness (QED) is 0.236. The molecule has 0 unspecified atom stereocenters. The Kier molecular flexibility index (Phi) is 5.66. The van der Waals surface area contributed by atoms with Gasteiger partial charge in [-0.15, -0.1) is 0 Å². The van der Waals surface area contributed by atoms with Gasteiger partial charge in [0.05, 0.1) is 0 Å². The zero-order chi connectivity index (χ0) is 24.7. The Balaban J connectivity index is 4.63. The van der Waals surface area contributed by atoms with Crippen LogP contribution in [0.3, 0.4) is 0 Å². The summed E-state index contributed by atoms with van der Waals surface area (Å²) in [6.45, 7) is -22.3. The first-order valence-electron chi connectivity index (χ1n) is 6.04. The summed E-state index contributed by atoms with van der Waals surface area (Å²) in [4.78, 5) is -2.58. The average molecular weight is 551 g/mol. The fourth-order valence-electron chi connectivity index (χ4n) is 2.16. The Labute approximate surface area is 152 Å². The van der Waals surface area contributed by atoms with E-state index in [1.54, 1.807) is 0 Å². The van der Waals surface area contributed by atoms with Crippen LogP contribution in [-0.4, -0.2) is 35.5 Å². The first kappa shape index (κ1) is 27.7. The van der Waals surface area contributed by atoms with Crippen molar-refractivity contribution in [2.24, 2.45) is 4.52 Å². The van der Waals surface area contributed by atoms with Gasteiger partial charge in [0.25, 0.3) is 0 Å². The molecule has 30 heavy (non-hydrogen) atoms. The second-order valence-electron chi connectivity index (χ2n) is 5.39. The molecule has 0 atom stereocenters. The van der Waals surface area contributed by atoms with Crippen molar-refractivity contribution in [1.82, 2.24) is 9.72 Å². The summed E-state index contributed by atoms with van der Waals surface area (Å²) in [7, 11) is -3.26. The normalized spacial score (nSPS) is 27.9. The van der Waals surface area contributed by atoms with Crippen molar-refractivity contribution >= 4 is 22.3 Å². The molecule has 1 heterocycles. The molecule has 0 aromatic carbocycles. The van der Waals surface area contributed by atoms with Gasteiger partial charge in [-0.1, -0.05) is 0 Å². The molecule has 0 amide bonds. The van der Waals surface area contributed by atoms with Crippen LogP contribution in [0, 0.1) is 0 Å². The number of alkyl halides is 18. The maximum absolute atomic E-state index is 13.3.